The first-order chi connectivity index (χ1) is 9.54. The van der Waals surface area contributed by atoms with Gasteiger partial charge in [0.15, 0.2) is 0 Å². The molecule has 20 heavy (non-hydrogen) atoms. The van der Waals surface area contributed by atoms with E-state index in [1.807, 2.05) is 13.8 Å². The number of hydrogen-bond donors (Lipinski definition) is 2. The molecule has 2 rings (SSSR count). The fraction of sp³-hybridized carbons (Fsp3) is 0.308. The molecule has 0 atom stereocenters. The summed E-state index contributed by atoms with van der Waals surface area (Å²) in [6.07, 6.45) is 4.67. The van der Waals surface area contributed by atoms with E-state index in [0.29, 0.717) is 17.3 Å². The van der Waals surface area contributed by atoms with Gasteiger partial charge < -0.3 is 15.8 Å². The van der Waals surface area contributed by atoms with Crippen molar-refractivity contribution < 1.29 is 9.53 Å². The Morgan fingerprint density at radius 3 is 3.00 bits per heavy atom. The molecule has 2 heterocycles. The summed E-state index contributed by atoms with van der Waals surface area (Å²) in [4.78, 5) is 16.0. The van der Waals surface area contributed by atoms with E-state index in [0.717, 1.165) is 0 Å². The van der Waals surface area contributed by atoms with Crippen LogP contribution >= 0.6 is 0 Å². The monoisotopic (exact) mass is 275 g/mol. The van der Waals surface area contributed by atoms with E-state index in [1.54, 1.807) is 24.5 Å². The largest absolute Gasteiger partial charge is 0.473 e. The van der Waals surface area contributed by atoms with Crippen molar-refractivity contribution in [3.8, 4) is 5.88 Å². The second-order valence-corrected chi connectivity index (χ2v) is 4.54. The van der Waals surface area contributed by atoms with E-state index in [-0.39, 0.29) is 18.6 Å². The fourth-order valence-corrected chi connectivity index (χ4v) is 1.61. The smallest absolute Gasteiger partial charge is 0.246 e. The summed E-state index contributed by atoms with van der Waals surface area (Å²) in [6, 6.07) is 3.47. The molecule has 0 fully saturated rings. The maximum absolute atomic E-state index is 11.9. The highest BCUT2D eigenvalue weighted by Crippen LogP contribution is 2.21. The van der Waals surface area contributed by atoms with Gasteiger partial charge >= 0.3 is 0 Å². The first kappa shape index (κ1) is 13.9. The summed E-state index contributed by atoms with van der Waals surface area (Å²) in [5.41, 5.74) is 6.59. The Morgan fingerprint density at radius 2 is 2.35 bits per heavy atom. The van der Waals surface area contributed by atoms with Crippen molar-refractivity contribution in [3.63, 3.8) is 0 Å². The van der Waals surface area contributed by atoms with Crippen LogP contribution in [-0.4, -0.2) is 26.8 Å². The van der Waals surface area contributed by atoms with Gasteiger partial charge in [0, 0.05) is 12.4 Å². The summed E-state index contributed by atoms with van der Waals surface area (Å²) in [5, 5.41) is 6.70. The minimum atomic E-state index is -0.227. The normalized spacial score (nSPS) is 10.6. The van der Waals surface area contributed by atoms with Gasteiger partial charge in [-0.05, 0) is 26.0 Å². The van der Waals surface area contributed by atoms with E-state index in [2.05, 4.69) is 15.4 Å². The Balaban J connectivity index is 2.04. The molecule has 3 N–H and O–H groups in total. The molecule has 1 amide bonds. The Bertz CT molecular complexity index is 594. The number of ether oxygens (including phenoxy) is 1. The average molecular weight is 275 g/mol. The predicted molar refractivity (Wildman–Crippen MR) is 75.3 cm³/mol. The maximum Gasteiger partial charge on any atom is 0.246 e. The average Bonchev–Trinajstić information content (AvgIpc) is 2.76. The second kappa shape index (κ2) is 6.05. The molecule has 106 valence electrons. The molecule has 0 bridgehead atoms. The van der Waals surface area contributed by atoms with Gasteiger partial charge in [-0.3, -0.25) is 9.48 Å². The summed E-state index contributed by atoms with van der Waals surface area (Å²) in [7, 11) is 0. The molecule has 2 aromatic heterocycles. The summed E-state index contributed by atoms with van der Waals surface area (Å²) in [5.74, 6) is 0.172. The number of carbonyl (C=O) groups is 1. The third kappa shape index (κ3) is 3.71. The molecule has 0 saturated carbocycles. The van der Waals surface area contributed by atoms with Crippen LogP contribution in [0.2, 0.25) is 0 Å². The van der Waals surface area contributed by atoms with Crippen molar-refractivity contribution >= 4 is 17.3 Å². The first-order valence-corrected chi connectivity index (χ1v) is 6.24. The molecule has 0 radical (unpaired) electrons. The molecule has 0 aliphatic carbocycles. The zero-order chi connectivity index (χ0) is 14.5. The van der Waals surface area contributed by atoms with Gasteiger partial charge in [0.1, 0.15) is 12.2 Å². The van der Waals surface area contributed by atoms with Crippen LogP contribution in [0.5, 0.6) is 5.88 Å². The van der Waals surface area contributed by atoms with Crippen LogP contribution in [-0.2, 0) is 11.3 Å². The highest BCUT2D eigenvalue weighted by atomic mass is 16.5. The number of amides is 1. The van der Waals surface area contributed by atoms with Gasteiger partial charge in [-0.25, -0.2) is 4.98 Å². The molecule has 0 unspecified atom stereocenters. The third-order valence-electron chi connectivity index (χ3n) is 2.35. The van der Waals surface area contributed by atoms with E-state index in [1.165, 1.54) is 10.9 Å². The van der Waals surface area contributed by atoms with Crippen molar-refractivity contribution in [2.75, 3.05) is 11.1 Å². The molecular weight excluding hydrogens is 258 g/mol. The van der Waals surface area contributed by atoms with E-state index >= 15 is 0 Å². The summed E-state index contributed by atoms with van der Waals surface area (Å²) < 4.78 is 6.99. The van der Waals surface area contributed by atoms with E-state index in [4.69, 9.17) is 10.5 Å². The quantitative estimate of drug-likeness (QED) is 0.857. The number of hydrogen-bond acceptors (Lipinski definition) is 5. The maximum atomic E-state index is 11.9. The van der Waals surface area contributed by atoms with Crippen LogP contribution < -0.4 is 15.8 Å². The lowest BCUT2D eigenvalue weighted by atomic mass is 10.4. The zero-order valence-corrected chi connectivity index (χ0v) is 11.4. The van der Waals surface area contributed by atoms with Crippen molar-refractivity contribution in [2.45, 2.75) is 26.5 Å². The molecule has 2 aromatic rings. The van der Waals surface area contributed by atoms with E-state index < -0.39 is 0 Å². The Hall–Kier alpha value is -2.57. The van der Waals surface area contributed by atoms with Crippen molar-refractivity contribution in [1.29, 1.82) is 0 Å². The highest BCUT2D eigenvalue weighted by Gasteiger charge is 2.10. The minimum absolute atomic E-state index is 0.0218. The molecule has 7 nitrogen and oxygen atoms in total. The van der Waals surface area contributed by atoms with Gasteiger partial charge in [0.2, 0.25) is 11.8 Å². The number of nitrogen functional groups attached to an aromatic ring is 1. The molecular formula is C13H17N5O2. The first-order valence-electron chi connectivity index (χ1n) is 6.24. The van der Waals surface area contributed by atoms with Crippen molar-refractivity contribution in [1.82, 2.24) is 14.8 Å². The summed E-state index contributed by atoms with van der Waals surface area (Å²) >= 11 is 0. The van der Waals surface area contributed by atoms with Crippen LogP contribution in [0.25, 0.3) is 0 Å². The van der Waals surface area contributed by atoms with Crippen molar-refractivity contribution in [3.05, 3.63) is 30.7 Å². The lowest BCUT2D eigenvalue weighted by Crippen LogP contribution is -2.20. The molecule has 7 heteroatoms. The number of nitrogens with zero attached hydrogens (tertiary/aromatic N) is 3. The third-order valence-corrected chi connectivity index (χ3v) is 2.35. The number of pyridine rings is 1. The molecule has 0 aromatic carbocycles. The Labute approximate surface area is 116 Å². The number of nitrogens with two attached hydrogens (primary N) is 1. The van der Waals surface area contributed by atoms with Gasteiger partial charge in [-0.15, -0.1) is 0 Å². The van der Waals surface area contributed by atoms with Gasteiger partial charge in [0.25, 0.3) is 0 Å². The standard InChI is InChI=1S/C13H17N5O2/c1-9(2)20-13-11(4-3-5-15-13)17-12(19)8-18-7-10(14)6-16-18/h3-7,9H,8,14H2,1-2H3,(H,17,19). The number of carbonyl (C=O) groups excluding carboxylic acids is 1. The number of rotatable bonds is 5. The van der Waals surface area contributed by atoms with E-state index in [9.17, 15) is 4.79 Å². The molecule has 0 aliphatic heterocycles. The minimum Gasteiger partial charge on any atom is -0.473 e. The number of aromatic nitrogens is 3. The zero-order valence-electron chi connectivity index (χ0n) is 11.4. The molecule has 0 spiro atoms. The molecule has 0 saturated heterocycles. The van der Waals surface area contributed by atoms with Crippen LogP contribution in [0, 0.1) is 0 Å². The lowest BCUT2D eigenvalue weighted by molar-refractivity contribution is -0.116. The molecule has 0 aliphatic rings. The van der Waals surface area contributed by atoms with Crippen LogP contribution in [0.4, 0.5) is 11.4 Å². The van der Waals surface area contributed by atoms with Crippen LogP contribution in [0.3, 0.4) is 0 Å². The van der Waals surface area contributed by atoms with Crippen molar-refractivity contribution in [2.24, 2.45) is 0 Å². The topological polar surface area (TPSA) is 95.1 Å². The SMILES string of the molecule is CC(C)Oc1ncccc1NC(=O)Cn1cc(N)cn1. The van der Waals surface area contributed by atoms with Gasteiger partial charge in [-0.1, -0.05) is 0 Å². The summed E-state index contributed by atoms with van der Waals surface area (Å²) in [6.45, 7) is 3.87. The Morgan fingerprint density at radius 1 is 1.55 bits per heavy atom. The fourth-order valence-electron chi connectivity index (χ4n) is 1.61. The number of anilines is 2. The van der Waals surface area contributed by atoms with Gasteiger partial charge in [-0.2, -0.15) is 5.10 Å². The second-order valence-electron chi connectivity index (χ2n) is 4.54. The lowest BCUT2D eigenvalue weighted by Gasteiger charge is -2.13. The van der Waals surface area contributed by atoms with Crippen LogP contribution in [0.1, 0.15) is 13.8 Å². The number of nitrogens with one attached hydrogen (secondary N) is 1. The Kier molecular flexibility index (Phi) is 4.19. The van der Waals surface area contributed by atoms with Gasteiger partial charge in [0.05, 0.1) is 18.0 Å². The highest BCUT2D eigenvalue weighted by molar-refractivity contribution is 5.91. The predicted octanol–water partition coefficient (Wildman–Crippen LogP) is 1.29. The van der Waals surface area contributed by atoms with Crippen LogP contribution in [0.15, 0.2) is 30.7 Å².